The Kier molecular flexibility index (Phi) is 6.24. The first-order chi connectivity index (χ1) is 11.7. The van der Waals surface area contributed by atoms with Gasteiger partial charge in [-0.1, -0.05) is 49.8 Å². The van der Waals surface area contributed by atoms with E-state index >= 15 is 0 Å². The van der Waals surface area contributed by atoms with E-state index in [1.165, 1.54) is 17.7 Å². The van der Waals surface area contributed by atoms with E-state index in [9.17, 15) is 9.90 Å². The second kappa shape index (κ2) is 8.19. The molecule has 0 saturated carbocycles. The Labute approximate surface area is 150 Å². The highest BCUT2D eigenvalue weighted by molar-refractivity contribution is 5.89. The normalized spacial score (nSPS) is 21.2. The van der Waals surface area contributed by atoms with Crippen molar-refractivity contribution in [3.8, 4) is 5.75 Å². The fourth-order valence-corrected chi connectivity index (χ4v) is 3.00. The van der Waals surface area contributed by atoms with Crippen LogP contribution in [-0.4, -0.2) is 17.2 Å². The summed E-state index contributed by atoms with van der Waals surface area (Å²) in [5.74, 6) is -0.214. The SMILES string of the molecule is C=C1C=CC(C)(C)C[C@@H](OC(=O)c2ccc(O)cc2)CC(C)=CCC1. The van der Waals surface area contributed by atoms with Crippen molar-refractivity contribution in [1.29, 1.82) is 0 Å². The number of phenols is 1. The van der Waals surface area contributed by atoms with Crippen LogP contribution in [0.1, 0.15) is 56.8 Å². The molecular formula is C22H28O3. The average Bonchev–Trinajstić information content (AvgIpc) is 2.54. The molecule has 0 heterocycles. The predicted octanol–water partition coefficient (Wildman–Crippen LogP) is 5.58. The summed E-state index contributed by atoms with van der Waals surface area (Å²) in [5, 5.41) is 9.36. The first-order valence-corrected chi connectivity index (χ1v) is 8.78. The van der Waals surface area contributed by atoms with Gasteiger partial charge in [0.05, 0.1) is 5.56 Å². The van der Waals surface area contributed by atoms with Crippen LogP contribution in [0.25, 0.3) is 0 Å². The first kappa shape index (κ1) is 19.0. The van der Waals surface area contributed by atoms with E-state index in [-0.39, 0.29) is 23.2 Å². The van der Waals surface area contributed by atoms with E-state index < -0.39 is 0 Å². The Balaban J connectivity index is 2.18. The molecule has 0 spiro atoms. The predicted molar refractivity (Wildman–Crippen MR) is 102 cm³/mol. The molecule has 3 heteroatoms. The topological polar surface area (TPSA) is 46.5 Å². The van der Waals surface area contributed by atoms with Gasteiger partial charge in [-0.3, -0.25) is 0 Å². The number of carbonyl (C=O) groups excluding carboxylic acids is 1. The Bertz CT molecular complexity index is 678. The summed E-state index contributed by atoms with van der Waals surface area (Å²) in [5.41, 5.74) is 2.72. The van der Waals surface area contributed by atoms with E-state index in [2.05, 4.69) is 45.6 Å². The van der Waals surface area contributed by atoms with Crippen molar-refractivity contribution < 1.29 is 14.6 Å². The van der Waals surface area contributed by atoms with Crippen LogP contribution >= 0.6 is 0 Å². The third-order valence-corrected chi connectivity index (χ3v) is 4.41. The first-order valence-electron chi connectivity index (χ1n) is 8.78. The van der Waals surface area contributed by atoms with Crippen molar-refractivity contribution in [3.63, 3.8) is 0 Å². The highest BCUT2D eigenvalue weighted by Gasteiger charge is 2.25. The van der Waals surface area contributed by atoms with Crippen LogP contribution in [0.4, 0.5) is 0 Å². The molecule has 0 aliphatic heterocycles. The minimum absolute atomic E-state index is 0.0898. The summed E-state index contributed by atoms with van der Waals surface area (Å²) < 4.78 is 5.81. The molecule has 0 saturated heterocycles. The van der Waals surface area contributed by atoms with Crippen LogP contribution in [0, 0.1) is 5.41 Å². The summed E-state index contributed by atoms with van der Waals surface area (Å²) in [6.45, 7) is 10.5. The lowest BCUT2D eigenvalue weighted by molar-refractivity contribution is 0.0222. The summed E-state index contributed by atoms with van der Waals surface area (Å²) >= 11 is 0. The van der Waals surface area contributed by atoms with Crippen molar-refractivity contribution in [2.24, 2.45) is 5.41 Å². The zero-order valence-corrected chi connectivity index (χ0v) is 15.4. The van der Waals surface area contributed by atoms with Gasteiger partial charge in [-0.15, -0.1) is 0 Å². The van der Waals surface area contributed by atoms with Gasteiger partial charge in [0.1, 0.15) is 11.9 Å². The number of allylic oxidation sites excluding steroid dienone is 4. The van der Waals surface area contributed by atoms with Crippen molar-refractivity contribution >= 4 is 5.97 Å². The summed E-state index contributed by atoms with van der Waals surface area (Å²) in [4.78, 5) is 12.5. The van der Waals surface area contributed by atoms with Gasteiger partial charge in [0.25, 0.3) is 0 Å². The van der Waals surface area contributed by atoms with Crippen LogP contribution in [0.2, 0.25) is 0 Å². The molecule has 134 valence electrons. The molecule has 0 bridgehead atoms. The van der Waals surface area contributed by atoms with Crippen molar-refractivity contribution in [3.05, 3.63) is 65.8 Å². The molecule has 2 rings (SSSR count). The maximum absolute atomic E-state index is 12.5. The van der Waals surface area contributed by atoms with Gasteiger partial charge < -0.3 is 9.84 Å². The number of rotatable bonds is 2. The molecule has 1 N–H and O–H groups in total. The Hall–Kier alpha value is -2.29. The lowest BCUT2D eigenvalue weighted by atomic mass is 9.84. The number of hydrogen-bond donors (Lipinski definition) is 1. The molecule has 1 aromatic rings. The van der Waals surface area contributed by atoms with Gasteiger partial charge >= 0.3 is 5.97 Å². The molecule has 0 unspecified atom stereocenters. The molecule has 1 aliphatic rings. The smallest absolute Gasteiger partial charge is 0.338 e. The highest BCUT2D eigenvalue weighted by Crippen LogP contribution is 2.30. The second-order valence-electron chi connectivity index (χ2n) is 7.55. The molecule has 0 aromatic heterocycles. The van der Waals surface area contributed by atoms with Gasteiger partial charge in [0.15, 0.2) is 0 Å². The van der Waals surface area contributed by atoms with Gasteiger partial charge in [-0.2, -0.15) is 0 Å². The molecule has 3 nitrogen and oxygen atoms in total. The van der Waals surface area contributed by atoms with Crippen molar-refractivity contribution in [1.82, 2.24) is 0 Å². The van der Waals surface area contributed by atoms with E-state index in [4.69, 9.17) is 4.74 Å². The number of aromatic hydroxyl groups is 1. The molecule has 1 aromatic carbocycles. The molecule has 1 atom stereocenters. The standard InChI is InChI=1S/C22H28O3/c1-16-6-5-7-17(2)14-20(15-22(3,4)13-12-16)25-21(24)18-8-10-19(23)11-9-18/h7-13,20,23H,1,5-6,14-15H2,2-4H3/t20-/m0/s1. The average molecular weight is 340 g/mol. The minimum atomic E-state index is -0.350. The summed E-state index contributed by atoms with van der Waals surface area (Å²) in [6.07, 6.45) is 9.64. The zero-order chi connectivity index (χ0) is 18.4. The van der Waals surface area contributed by atoms with Gasteiger partial charge in [0.2, 0.25) is 0 Å². The van der Waals surface area contributed by atoms with E-state index in [1.54, 1.807) is 12.1 Å². The van der Waals surface area contributed by atoms with Crippen LogP contribution in [-0.2, 0) is 4.74 Å². The van der Waals surface area contributed by atoms with Crippen molar-refractivity contribution in [2.45, 2.75) is 52.6 Å². The Morgan fingerprint density at radius 3 is 2.64 bits per heavy atom. The summed E-state index contributed by atoms with van der Waals surface area (Å²) in [7, 11) is 0. The van der Waals surface area contributed by atoms with Gasteiger partial charge in [0, 0.05) is 6.42 Å². The molecule has 0 fully saturated rings. The maximum Gasteiger partial charge on any atom is 0.338 e. The van der Waals surface area contributed by atoms with Gasteiger partial charge in [-0.25, -0.2) is 4.79 Å². The second-order valence-corrected chi connectivity index (χ2v) is 7.55. The number of benzene rings is 1. The van der Waals surface area contributed by atoms with E-state index in [0.29, 0.717) is 5.56 Å². The number of carbonyl (C=O) groups is 1. The van der Waals surface area contributed by atoms with Gasteiger partial charge in [-0.05, 0) is 55.9 Å². The third kappa shape index (κ3) is 6.26. The largest absolute Gasteiger partial charge is 0.508 e. The van der Waals surface area contributed by atoms with Crippen LogP contribution in [0.5, 0.6) is 5.75 Å². The molecule has 0 radical (unpaired) electrons. The molecule has 1 aliphatic carbocycles. The zero-order valence-electron chi connectivity index (χ0n) is 15.4. The Morgan fingerprint density at radius 2 is 1.96 bits per heavy atom. The number of hydrogen-bond acceptors (Lipinski definition) is 3. The number of ether oxygens (including phenoxy) is 1. The lowest BCUT2D eigenvalue weighted by Crippen LogP contribution is -2.25. The fourth-order valence-electron chi connectivity index (χ4n) is 3.00. The van der Waals surface area contributed by atoms with Crippen LogP contribution in [0.3, 0.4) is 0 Å². The van der Waals surface area contributed by atoms with Crippen molar-refractivity contribution in [2.75, 3.05) is 0 Å². The Morgan fingerprint density at radius 1 is 1.28 bits per heavy atom. The fraction of sp³-hybridized carbons (Fsp3) is 0.409. The molecule has 0 amide bonds. The molecular weight excluding hydrogens is 312 g/mol. The summed E-state index contributed by atoms with van der Waals surface area (Å²) in [6, 6.07) is 6.16. The third-order valence-electron chi connectivity index (χ3n) is 4.41. The van der Waals surface area contributed by atoms with E-state index in [0.717, 1.165) is 31.3 Å². The lowest BCUT2D eigenvalue weighted by Gasteiger charge is -2.27. The number of phenolic OH excluding ortho intramolecular Hbond substituents is 1. The quantitative estimate of drug-likeness (QED) is 0.565. The molecule has 25 heavy (non-hydrogen) atoms. The van der Waals surface area contributed by atoms with Crippen LogP contribution < -0.4 is 0 Å². The van der Waals surface area contributed by atoms with E-state index in [1.807, 2.05) is 0 Å². The maximum atomic E-state index is 12.5. The van der Waals surface area contributed by atoms with Crippen LogP contribution in [0.15, 0.2) is 60.2 Å². The minimum Gasteiger partial charge on any atom is -0.508 e. The highest BCUT2D eigenvalue weighted by atomic mass is 16.5. The number of esters is 1. The monoisotopic (exact) mass is 340 g/mol.